The largest absolute Gasteiger partial charge is 0.512 e. The third kappa shape index (κ3) is 33.3. The van der Waals surface area contributed by atoms with E-state index in [0.717, 1.165) is 93.4 Å². The number of benzene rings is 9. The van der Waals surface area contributed by atoms with Crippen LogP contribution in [0.1, 0.15) is 33.3 Å². The van der Waals surface area contributed by atoms with Crippen molar-refractivity contribution in [3.8, 4) is 44.5 Å². The summed E-state index contributed by atoms with van der Waals surface area (Å²) in [5, 5.41) is 34.0. The topological polar surface area (TPSA) is 228 Å². The Labute approximate surface area is 817 Å². The molecule has 9 aromatic carbocycles. The minimum absolute atomic E-state index is 0. The van der Waals surface area contributed by atoms with Crippen LogP contribution in [0.15, 0.2) is 369 Å². The molecule has 25 heteroatoms. The number of fused-ring (bicyclic) bond motifs is 9. The number of pyridine rings is 7. The Bertz CT molecular complexity index is 5830. The molecule has 18 aromatic rings. The van der Waals surface area contributed by atoms with Crippen molar-refractivity contribution in [1.29, 1.82) is 0 Å². The normalized spacial score (nSPS) is 10.4. The van der Waals surface area contributed by atoms with E-state index >= 15 is 0 Å². The molecule has 0 fully saturated rings. The Morgan fingerprint density at radius 1 is 0.405 bits per heavy atom. The van der Waals surface area contributed by atoms with Gasteiger partial charge in [-0.15, -0.1) is 126 Å². The second-order valence-corrected chi connectivity index (χ2v) is 25.7. The van der Waals surface area contributed by atoms with Gasteiger partial charge >= 0.3 is 6.18 Å². The first-order valence-electron chi connectivity index (χ1n) is 35.7. The van der Waals surface area contributed by atoms with Crippen molar-refractivity contribution >= 4 is 110 Å². The van der Waals surface area contributed by atoms with E-state index in [2.05, 4.69) is 143 Å². The molecule has 0 aliphatic heterocycles. The number of carbonyl (C=O) groups is 3. The van der Waals surface area contributed by atoms with Crippen LogP contribution < -0.4 is 0 Å². The van der Waals surface area contributed by atoms with Crippen molar-refractivity contribution in [1.82, 2.24) is 39.9 Å². The maximum Gasteiger partial charge on any atom is 0.454 e. The predicted molar refractivity (Wildman–Crippen MR) is 453 cm³/mol. The fraction of sp³-hybridized carbons (Fsp3) is 0.0521. The summed E-state index contributed by atoms with van der Waals surface area (Å²) in [6, 6.07) is 106. The number of carbonyl (C=O) groups excluding carboxylic acids is 3. The van der Waals surface area contributed by atoms with E-state index in [-0.39, 0.29) is 192 Å². The first kappa shape index (κ1) is 104. The van der Waals surface area contributed by atoms with Gasteiger partial charge in [0.2, 0.25) is 0 Å². The average Bonchev–Trinajstić information content (AvgIpc) is 1.74. The van der Waals surface area contributed by atoms with Crippen LogP contribution in [-0.4, -0.2) is 78.7 Å². The standard InChI is InChI=1S/C15H10N.C13H8NO.C13H8NS.2C12H8N2.C11H8N.C10H7F3O2.2C5H8O2.Dy.4Ir.Tb/c1-2-7-13(8-3-1)15-14-9-5-4-6-12(14)10-11-16-15;1-2-6-10(7-3-1)13-14-11-8-4-5-9-12(11)15-13;1-2-7-12-10(5-1)9-13(15-12)11-6-3-4-8-14-11;2*1-3-9-5-6-10-4-2-8-14-12(10)11(9)13-7-1;1-2-6-10(7-3-1)11-8-4-5-9-12-11;11-10(12,13)9(15)6-8(14)7-4-2-1-3-5-7;2*1-4(6)3-5(2)7;;;;;;/h1-7,9-11H;1-6,8-9H;1-8H;2*1-8H;1-6,8-9H;1-6,14H;2*3,6H,1-2H3;;;;;;/q3*-1;;;-1;;;;;;;;;. The van der Waals surface area contributed by atoms with Crippen LogP contribution in [-0.2, 0) is 94.8 Å². The smallest absolute Gasteiger partial charge is 0.454 e. The molecule has 0 aliphatic rings. The SMILES string of the molecule is CC(=O)C=C(C)O.CC(=O)C=C(C)O.O=C(C=C(O)c1ccccc1)C(F)(F)F.[Dy].[Ir].[Ir].[Ir].[Ir].[Tb].[c-]1c(-c2ccccn2)sc2ccccc12.[c-]1ccccc1-c1ccccn1.[c-]1ccccc1-c1nc2ccccc2o1.[c-]1ccccc1-c1nccc2ccccc12.c1cnc2c(c1)ccc1cccnc12.c1cnc2c(c1)ccc1cccnc12. The van der Waals surface area contributed by atoms with Crippen LogP contribution in [0.2, 0.25) is 0 Å². The third-order valence-electron chi connectivity index (χ3n) is 15.9. The molecule has 0 bridgehead atoms. The predicted octanol–water partition coefficient (Wildman–Crippen LogP) is 23.7. The number of ketones is 3. The van der Waals surface area contributed by atoms with Crippen LogP contribution in [0.4, 0.5) is 13.2 Å². The number of aromatic nitrogens is 8. The summed E-state index contributed by atoms with van der Waals surface area (Å²) < 4.78 is 42.3. The molecule has 625 valence electrons. The number of aliphatic hydroxyl groups excluding tert-OH is 3. The maximum atomic E-state index is 11.8. The summed E-state index contributed by atoms with van der Waals surface area (Å²) in [6.45, 7) is 5.70. The van der Waals surface area contributed by atoms with E-state index in [1.807, 2.05) is 194 Å². The number of thiophene rings is 1. The monoisotopic (exact) mass is 2630 g/mol. The summed E-state index contributed by atoms with van der Waals surface area (Å²) in [6.07, 6.45) is 10.2. The van der Waals surface area contributed by atoms with E-state index in [1.165, 1.54) is 85.0 Å². The van der Waals surface area contributed by atoms with Gasteiger partial charge in [-0.1, -0.05) is 157 Å². The molecule has 0 spiro atoms. The van der Waals surface area contributed by atoms with Gasteiger partial charge < -0.3 is 34.7 Å². The molecule has 9 heterocycles. The summed E-state index contributed by atoms with van der Waals surface area (Å²) in [7, 11) is 0. The van der Waals surface area contributed by atoms with Gasteiger partial charge in [-0.05, 0) is 114 Å². The first-order valence-corrected chi connectivity index (χ1v) is 36.5. The fourth-order valence-corrected chi connectivity index (χ4v) is 11.8. The Hall–Kier alpha value is -9.66. The minimum Gasteiger partial charge on any atom is -0.512 e. The Balaban J connectivity index is 0.000000287. The Morgan fingerprint density at radius 2 is 0.826 bits per heavy atom. The second kappa shape index (κ2) is 54.7. The molecule has 9 aromatic heterocycles. The molecular formula is C96H73DyF3Ir4N8O7STb-4. The molecule has 0 saturated carbocycles. The number of oxazole rings is 1. The zero-order valence-corrected chi connectivity index (χ0v) is 79.1. The second-order valence-electron chi connectivity index (χ2n) is 24.7. The van der Waals surface area contributed by atoms with Gasteiger partial charge in [0.05, 0.1) is 39.1 Å². The van der Waals surface area contributed by atoms with Crippen molar-refractivity contribution in [2.45, 2.75) is 33.9 Å². The molecule has 0 saturated heterocycles. The van der Waals surface area contributed by atoms with Gasteiger partial charge in [0.1, 0.15) is 17.2 Å². The Kier molecular flexibility index (Phi) is 46.8. The van der Waals surface area contributed by atoms with Gasteiger partial charge in [-0.2, -0.15) is 13.2 Å². The quantitative estimate of drug-likeness (QED) is 0.0556. The maximum absolute atomic E-state index is 11.8. The number of rotatable bonds is 8. The zero-order valence-electron chi connectivity index (χ0n) is 64.6. The van der Waals surface area contributed by atoms with Crippen LogP contribution in [0.3, 0.4) is 0 Å². The number of nitrogens with zero attached hydrogens (tertiary/aromatic N) is 8. The first-order chi connectivity index (χ1) is 55.8. The van der Waals surface area contributed by atoms with E-state index in [0.29, 0.717) is 5.89 Å². The Morgan fingerprint density at radius 3 is 1.27 bits per heavy atom. The molecule has 15 nitrogen and oxygen atoms in total. The summed E-state index contributed by atoms with van der Waals surface area (Å²) in [5.41, 5.74) is 11.7. The van der Waals surface area contributed by atoms with E-state index in [4.69, 9.17) is 14.6 Å². The number of hydrogen-bond donors (Lipinski definition) is 3. The third-order valence-corrected chi connectivity index (χ3v) is 17.0. The number of alkyl halides is 3. The van der Waals surface area contributed by atoms with Crippen molar-refractivity contribution in [2.75, 3.05) is 0 Å². The number of halogens is 3. The number of aliphatic hydroxyl groups is 3. The van der Waals surface area contributed by atoms with Crippen molar-refractivity contribution < 1.29 is 204 Å². The fourth-order valence-electron chi connectivity index (χ4n) is 10.8. The average molecular weight is 2630 g/mol. The molecule has 0 amide bonds. The molecule has 121 heavy (non-hydrogen) atoms. The van der Waals surface area contributed by atoms with E-state index in [1.54, 1.807) is 48.4 Å². The van der Waals surface area contributed by atoms with Crippen LogP contribution >= 0.6 is 11.3 Å². The minimum atomic E-state index is -4.96. The molecule has 18 rings (SSSR count). The summed E-state index contributed by atoms with van der Waals surface area (Å²) in [5.74, 6) is -2.28. The van der Waals surface area contributed by atoms with Crippen molar-refractivity contribution in [2.24, 2.45) is 0 Å². The van der Waals surface area contributed by atoms with Crippen LogP contribution in [0.5, 0.6) is 0 Å². The number of hydrogen-bond acceptors (Lipinski definition) is 16. The molecule has 5 radical (unpaired) electrons. The van der Waals surface area contributed by atoms with Gasteiger partial charge in [0.25, 0.3) is 5.78 Å². The number of para-hydroxylation sites is 2. The van der Waals surface area contributed by atoms with Gasteiger partial charge in [-0.3, -0.25) is 39.3 Å². The van der Waals surface area contributed by atoms with Crippen molar-refractivity contribution in [3.63, 3.8) is 0 Å². The summed E-state index contributed by atoms with van der Waals surface area (Å²) in [4.78, 5) is 66.4. The van der Waals surface area contributed by atoms with Crippen molar-refractivity contribution in [3.05, 3.63) is 394 Å². The summed E-state index contributed by atoms with van der Waals surface area (Å²) >= 11 is 1.73. The molecule has 0 atom stereocenters. The number of allylic oxidation sites excluding steroid dienone is 5. The van der Waals surface area contributed by atoms with Gasteiger partial charge in [0, 0.05) is 252 Å². The van der Waals surface area contributed by atoms with E-state index in [9.17, 15) is 32.7 Å². The van der Waals surface area contributed by atoms with Gasteiger partial charge in [-0.25, -0.2) is 11.3 Å². The molecular weight excluding hydrogens is 2560 g/mol. The zero-order chi connectivity index (χ0) is 81.2. The van der Waals surface area contributed by atoms with Gasteiger partial charge in [0.15, 0.2) is 11.6 Å². The molecule has 0 unspecified atom stereocenters. The van der Waals surface area contributed by atoms with E-state index < -0.39 is 17.7 Å². The van der Waals surface area contributed by atoms with Crippen LogP contribution in [0.25, 0.3) is 126 Å². The molecule has 3 N–H and O–H groups in total. The molecule has 0 aliphatic carbocycles. The van der Waals surface area contributed by atoms with Crippen LogP contribution in [0, 0.1) is 101 Å².